The van der Waals surface area contributed by atoms with E-state index in [2.05, 4.69) is 10.3 Å². The van der Waals surface area contributed by atoms with Crippen LogP contribution in [0.15, 0.2) is 40.7 Å². The van der Waals surface area contributed by atoms with Gasteiger partial charge in [0.2, 0.25) is 16.0 Å². The number of nitrogens with one attached hydrogen (secondary N) is 1. The van der Waals surface area contributed by atoms with Crippen molar-refractivity contribution in [1.82, 2.24) is 14.6 Å². The number of rotatable bonds is 3. The van der Waals surface area contributed by atoms with Gasteiger partial charge in [-0.3, -0.25) is 15.1 Å². The van der Waals surface area contributed by atoms with Gasteiger partial charge >= 0.3 is 0 Å². The molecule has 1 fully saturated rings. The standard InChI is InChI=1S/C18H21BN4O3S2/c1-18(16-20-13(19)10-27-16)14(11-8-9-11)28(25,26)23(2)17(22-18)21-15(24)12-6-4-3-5-7-12/h3-7,10-11,14H,8-9,19H2,1-2H3,(H,21,22,24). The number of carbonyl (C=O) groups excluding carboxylic acids is 1. The fraction of sp³-hybridized carbons (Fsp3) is 0.389. The quantitative estimate of drug-likeness (QED) is 0.736. The monoisotopic (exact) mass is 416 g/mol. The summed E-state index contributed by atoms with van der Waals surface area (Å²) in [6, 6.07) is 8.66. The van der Waals surface area contributed by atoms with Crippen molar-refractivity contribution in [2.75, 3.05) is 7.05 Å². The summed E-state index contributed by atoms with van der Waals surface area (Å²) in [6.45, 7) is 1.81. The Morgan fingerprint density at radius 1 is 1.32 bits per heavy atom. The Bertz CT molecular complexity index is 1050. The number of sulfonamides is 1. The summed E-state index contributed by atoms with van der Waals surface area (Å²) in [6.07, 6.45) is 1.72. The van der Waals surface area contributed by atoms with Gasteiger partial charge in [0.05, 0.1) is 0 Å². The van der Waals surface area contributed by atoms with E-state index in [9.17, 15) is 13.2 Å². The average molecular weight is 416 g/mol. The van der Waals surface area contributed by atoms with Crippen LogP contribution in [0.25, 0.3) is 0 Å². The highest BCUT2D eigenvalue weighted by molar-refractivity contribution is 7.90. The number of benzene rings is 1. The topological polar surface area (TPSA) is 91.7 Å². The first-order valence-electron chi connectivity index (χ1n) is 9.10. The van der Waals surface area contributed by atoms with Gasteiger partial charge in [0.15, 0.2) is 7.85 Å². The van der Waals surface area contributed by atoms with Gasteiger partial charge in [-0.15, -0.1) is 11.3 Å². The van der Waals surface area contributed by atoms with Gasteiger partial charge in [0, 0.05) is 23.6 Å². The summed E-state index contributed by atoms with van der Waals surface area (Å²) in [5, 5.41) is 4.55. The van der Waals surface area contributed by atoms with Crippen LogP contribution in [0.4, 0.5) is 0 Å². The molecule has 1 amide bonds. The Kier molecular flexibility index (Phi) is 4.58. The van der Waals surface area contributed by atoms with Crippen molar-refractivity contribution in [3.8, 4) is 0 Å². The number of hydrogen-bond acceptors (Lipinski definition) is 6. The maximum atomic E-state index is 13.4. The molecule has 7 nitrogen and oxygen atoms in total. The Balaban J connectivity index is 1.79. The molecule has 1 N–H and O–H groups in total. The van der Waals surface area contributed by atoms with Crippen LogP contribution in [0, 0.1) is 5.92 Å². The van der Waals surface area contributed by atoms with Crippen LogP contribution in [-0.2, 0) is 15.6 Å². The number of amides is 1. The lowest BCUT2D eigenvalue weighted by molar-refractivity contribution is 0.0974. The van der Waals surface area contributed by atoms with E-state index < -0.39 is 26.7 Å². The molecule has 2 atom stereocenters. The molecule has 1 aromatic carbocycles. The molecular weight excluding hydrogens is 395 g/mol. The van der Waals surface area contributed by atoms with Crippen molar-refractivity contribution in [3.05, 3.63) is 46.3 Å². The van der Waals surface area contributed by atoms with Crippen LogP contribution >= 0.6 is 11.3 Å². The largest absolute Gasteiger partial charge is 0.292 e. The molecule has 0 spiro atoms. The first kappa shape index (κ1) is 19.1. The third-order valence-corrected chi connectivity index (χ3v) is 8.87. The fourth-order valence-corrected chi connectivity index (χ4v) is 6.85. The molecule has 2 aromatic rings. The van der Waals surface area contributed by atoms with E-state index >= 15 is 0 Å². The maximum absolute atomic E-state index is 13.4. The molecule has 1 saturated carbocycles. The minimum absolute atomic E-state index is 0.0288. The Labute approximate surface area is 169 Å². The van der Waals surface area contributed by atoms with Crippen molar-refractivity contribution in [2.24, 2.45) is 10.9 Å². The van der Waals surface area contributed by atoms with Gasteiger partial charge in [0.1, 0.15) is 15.8 Å². The van der Waals surface area contributed by atoms with Crippen LogP contribution in [0.5, 0.6) is 0 Å². The second-order valence-corrected chi connectivity index (χ2v) is 10.4. The Morgan fingerprint density at radius 2 is 2.00 bits per heavy atom. The molecule has 2 heterocycles. The molecule has 0 bridgehead atoms. The normalized spacial score (nSPS) is 26.6. The van der Waals surface area contributed by atoms with E-state index in [-0.39, 0.29) is 11.9 Å². The molecule has 1 aliphatic carbocycles. The first-order valence-corrected chi connectivity index (χ1v) is 11.5. The van der Waals surface area contributed by atoms with Crippen molar-refractivity contribution < 1.29 is 13.2 Å². The zero-order chi connectivity index (χ0) is 20.1. The van der Waals surface area contributed by atoms with Crippen molar-refractivity contribution in [1.29, 1.82) is 0 Å². The van der Waals surface area contributed by atoms with Gasteiger partial charge in [-0.1, -0.05) is 18.2 Å². The van der Waals surface area contributed by atoms with E-state index in [4.69, 9.17) is 4.99 Å². The molecule has 4 rings (SSSR count). The summed E-state index contributed by atoms with van der Waals surface area (Å²) >= 11 is 1.41. The predicted molar refractivity (Wildman–Crippen MR) is 112 cm³/mol. The molecule has 10 heteroatoms. The summed E-state index contributed by atoms with van der Waals surface area (Å²) in [5.41, 5.74) is 0.231. The van der Waals surface area contributed by atoms with Crippen molar-refractivity contribution in [3.63, 3.8) is 0 Å². The summed E-state index contributed by atoms with van der Waals surface area (Å²) in [7, 11) is -0.386. The number of thiazole rings is 1. The van der Waals surface area contributed by atoms with E-state index in [1.807, 2.05) is 26.2 Å². The number of hydrogen-bond donors (Lipinski definition) is 1. The van der Waals surface area contributed by atoms with Crippen LogP contribution < -0.4 is 10.9 Å². The van der Waals surface area contributed by atoms with Crippen LogP contribution in [0.1, 0.15) is 35.1 Å². The van der Waals surface area contributed by atoms with Gasteiger partial charge in [0.25, 0.3) is 5.91 Å². The molecule has 1 aliphatic heterocycles. The van der Waals surface area contributed by atoms with Gasteiger partial charge in [-0.05, 0) is 37.8 Å². The van der Waals surface area contributed by atoms with Crippen molar-refractivity contribution in [2.45, 2.75) is 30.6 Å². The Hall–Kier alpha value is -2.20. The van der Waals surface area contributed by atoms with Crippen LogP contribution in [0.2, 0.25) is 0 Å². The number of carbonyl (C=O) groups is 1. The summed E-state index contributed by atoms with van der Waals surface area (Å²) in [5.74, 6) is -0.318. The van der Waals surface area contributed by atoms with Crippen LogP contribution in [0.3, 0.4) is 0 Å². The molecule has 2 aliphatic rings. The zero-order valence-corrected chi connectivity index (χ0v) is 17.5. The maximum Gasteiger partial charge on any atom is 0.257 e. The molecular formula is C18H21BN4O3S2. The van der Waals surface area contributed by atoms with E-state index in [0.717, 1.165) is 22.7 Å². The lowest BCUT2D eigenvalue weighted by Crippen LogP contribution is -2.59. The summed E-state index contributed by atoms with van der Waals surface area (Å²) in [4.78, 5) is 21.9. The molecule has 28 heavy (non-hydrogen) atoms. The third-order valence-electron chi connectivity index (χ3n) is 5.26. The number of aromatic nitrogens is 1. The Morgan fingerprint density at radius 3 is 2.57 bits per heavy atom. The second kappa shape index (κ2) is 6.70. The molecule has 0 radical (unpaired) electrons. The zero-order valence-electron chi connectivity index (χ0n) is 15.9. The van der Waals surface area contributed by atoms with Crippen molar-refractivity contribution >= 4 is 46.7 Å². The smallest absolute Gasteiger partial charge is 0.257 e. The highest BCUT2D eigenvalue weighted by Gasteiger charge is 2.58. The third kappa shape index (κ3) is 3.14. The minimum Gasteiger partial charge on any atom is -0.292 e. The molecule has 2 unspecified atom stereocenters. The molecule has 0 saturated heterocycles. The second-order valence-electron chi connectivity index (χ2n) is 7.47. The molecule has 146 valence electrons. The fourth-order valence-electron chi connectivity index (χ4n) is 3.66. The van der Waals surface area contributed by atoms with Crippen LogP contribution in [-0.4, -0.2) is 49.7 Å². The minimum atomic E-state index is -3.71. The van der Waals surface area contributed by atoms with Gasteiger partial charge < -0.3 is 0 Å². The predicted octanol–water partition coefficient (Wildman–Crippen LogP) is 0.456. The van der Waals surface area contributed by atoms with E-state index in [0.29, 0.717) is 10.6 Å². The average Bonchev–Trinajstić information content (AvgIpc) is 3.38. The number of nitrogens with zero attached hydrogens (tertiary/aromatic N) is 3. The molecule has 1 aromatic heterocycles. The SMILES string of the molecule is Bc1csc(C2(C)N=C(NC(=O)c3ccccc3)N(C)S(=O)(=O)C2C2CC2)n1. The first-order chi connectivity index (χ1) is 13.2. The van der Waals surface area contributed by atoms with E-state index in [1.54, 1.807) is 24.3 Å². The summed E-state index contributed by atoms with van der Waals surface area (Å²) < 4.78 is 27.9. The van der Waals surface area contributed by atoms with Gasteiger partial charge in [-0.25, -0.2) is 17.7 Å². The van der Waals surface area contributed by atoms with E-state index in [1.165, 1.54) is 18.4 Å². The van der Waals surface area contributed by atoms with Gasteiger partial charge in [-0.2, -0.15) is 0 Å². The highest BCUT2D eigenvalue weighted by atomic mass is 32.2. The lowest BCUT2D eigenvalue weighted by atomic mass is 9.95. The number of aliphatic imine (C=N–C) groups is 1. The lowest BCUT2D eigenvalue weighted by Gasteiger charge is -2.41. The highest BCUT2D eigenvalue weighted by Crippen LogP contribution is 2.49. The number of guanidine groups is 1.